The highest BCUT2D eigenvalue weighted by atomic mass is 16.5. The van der Waals surface area contributed by atoms with Crippen molar-refractivity contribution in [1.29, 1.82) is 0 Å². The molecule has 1 aliphatic rings. The molecule has 0 N–H and O–H groups in total. The molecule has 1 rings (SSSR count). The number of carbonyl (C=O) groups is 2. The van der Waals surface area contributed by atoms with Crippen LogP contribution in [0.4, 0.5) is 0 Å². The minimum Gasteiger partial charge on any atom is -0.382 e. The Morgan fingerprint density at radius 3 is 2.37 bits per heavy atom. The number of nitrogens with zero attached hydrogens (tertiary/aromatic N) is 2. The predicted molar refractivity (Wildman–Crippen MR) is 70.7 cm³/mol. The van der Waals surface area contributed by atoms with E-state index >= 15 is 0 Å². The van der Waals surface area contributed by atoms with Gasteiger partial charge in [0, 0.05) is 40.2 Å². The first-order valence-electron chi connectivity index (χ1n) is 6.62. The van der Waals surface area contributed by atoms with Crippen LogP contribution < -0.4 is 0 Å². The molecule has 19 heavy (non-hydrogen) atoms. The smallest absolute Gasteiger partial charge is 0.248 e. The Balaban J connectivity index is 2.25. The number of methoxy groups -OCH3 is 1. The number of likely N-dealkylation sites (tertiary alicyclic amines) is 1. The highest BCUT2D eigenvalue weighted by Crippen LogP contribution is 2.18. The summed E-state index contributed by atoms with van der Waals surface area (Å²) in [5.41, 5.74) is 0. The molecule has 0 bridgehead atoms. The fourth-order valence-corrected chi connectivity index (χ4v) is 2.13. The lowest BCUT2D eigenvalue weighted by atomic mass is 9.95. The third kappa shape index (κ3) is 5.16. The van der Waals surface area contributed by atoms with Crippen LogP contribution in [0.15, 0.2) is 0 Å². The normalized spacial score (nSPS) is 16.5. The van der Waals surface area contributed by atoms with Gasteiger partial charge in [-0.05, 0) is 12.8 Å². The van der Waals surface area contributed by atoms with E-state index in [0.717, 1.165) is 12.8 Å². The van der Waals surface area contributed by atoms with E-state index in [9.17, 15) is 9.59 Å². The lowest BCUT2D eigenvalue weighted by Crippen LogP contribution is -2.44. The maximum absolute atomic E-state index is 11.8. The van der Waals surface area contributed by atoms with Gasteiger partial charge in [-0.15, -0.1) is 0 Å². The van der Waals surface area contributed by atoms with Crippen LogP contribution in [0.25, 0.3) is 0 Å². The Morgan fingerprint density at radius 2 is 1.84 bits per heavy atom. The van der Waals surface area contributed by atoms with Crippen molar-refractivity contribution >= 4 is 11.8 Å². The van der Waals surface area contributed by atoms with Crippen LogP contribution in [0.3, 0.4) is 0 Å². The van der Waals surface area contributed by atoms with Gasteiger partial charge in [0.2, 0.25) is 11.8 Å². The Hall–Kier alpha value is -1.14. The molecule has 0 aromatic heterocycles. The maximum atomic E-state index is 11.8. The monoisotopic (exact) mass is 272 g/mol. The molecule has 0 unspecified atom stereocenters. The van der Waals surface area contributed by atoms with Gasteiger partial charge >= 0.3 is 0 Å². The molecule has 1 fully saturated rings. The second-order valence-electron chi connectivity index (χ2n) is 4.93. The highest BCUT2D eigenvalue weighted by molar-refractivity contribution is 5.80. The van der Waals surface area contributed by atoms with Crippen LogP contribution in [0.2, 0.25) is 0 Å². The molecule has 110 valence electrons. The third-order valence-corrected chi connectivity index (χ3v) is 3.30. The molecule has 0 aromatic rings. The summed E-state index contributed by atoms with van der Waals surface area (Å²) >= 11 is 0. The number of ether oxygens (including phenoxy) is 2. The molecule has 0 spiro atoms. The molecule has 6 heteroatoms. The Labute approximate surface area is 114 Å². The zero-order chi connectivity index (χ0) is 14.3. The van der Waals surface area contributed by atoms with Crippen molar-refractivity contribution in [2.75, 3.05) is 54.1 Å². The first kappa shape index (κ1) is 15.9. The van der Waals surface area contributed by atoms with Gasteiger partial charge in [0.15, 0.2) is 0 Å². The van der Waals surface area contributed by atoms with Gasteiger partial charge in [0.25, 0.3) is 0 Å². The SMILES string of the molecule is COCCOCC(=O)N1CCC(C(=O)N(C)C)CC1. The third-order valence-electron chi connectivity index (χ3n) is 3.30. The Morgan fingerprint density at radius 1 is 1.21 bits per heavy atom. The number of hydrogen-bond donors (Lipinski definition) is 0. The van der Waals surface area contributed by atoms with E-state index < -0.39 is 0 Å². The molecule has 1 aliphatic heterocycles. The molecule has 0 aromatic carbocycles. The molecule has 1 heterocycles. The van der Waals surface area contributed by atoms with Crippen molar-refractivity contribution in [2.24, 2.45) is 5.92 Å². The van der Waals surface area contributed by atoms with Crippen LogP contribution in [0.1, 0.15) is 12.8 Å². The van der Waals surface area contributed by atoms with E-state index in [1.165, 1.54) is 0 Å². The number of rotatable bonds is 6. The van der Waals surface area contributed by atoms with Gasteiger partial charge < -0.3 is 19.3 Å². The second-order valence-corrected chi connectivity index (χ2v) is 4.93. The molecule has 0 aliphatic carbocycles. The average Bonchev–Trinajstić information content (AvgIpc) is 2.42. The average molecular weight is 272 g/mol. The van der Waals surface area contributed by atoms with Crippen molar-refractivity contribution in [2.45, 2.75) is 12.8 Å². The van der Waals surface area contributed by atoms with Gasteiger partial charge in [0.05, 0.1) is 13.2 Å². The topological polar surface area (TPSA) is 59.1 Å². The van der Waals surface area contributed by atoms with Crippen molar-refractivity contribution < 1.29 is 19.1 Å². The van der Waals surface area contributed by atoms with Crippen LogP contribution >= 0.6 is 0 Å². The van der Waals surface area contributed by atoms with Gasteiger partial charge in [-0.2, -0.15) is 0 Å². The standard InChI is InChI=1S/C13H24N2O4/c1-14(2)13(17)11-4-6-15(7-5-11)12(16)10-19-9-8-18-3/h11H,4-10H2,1-3H3. The van der Waals surface area contributed by atoms with Crippen molar-refractivity contribution in [1.82, 2.24) is 9.80 Å². The van der Waals surface area contributed by atoms with E-state index in [0.29, 0.717) is 26.3 Å². The zero-order valence-corrected chi connectivity index (χ0v) is 12.1. The van der Waals surface area contributed by atoms with Crippen LogP contribution in [-0.4, -0.2) is 75.7 Å². The highest BCUT2D eigenvalue weighted by Gasteiger charge is 2.27. The van der Waals surface area contributed by atoms with Gasteiger partial charge in [0.1, 0.15) is 6.61 Å². The lowest BCUT2D eigenvalue weighted by Gasteiger charge is -2.32. The van der Waals surface area contributed by atoms with E-state index in [1.54, 1.807) is 31.0 Å². The van der Waals surface area contributed by atoms with E-state index in [2.05, 4.69) is 0 Å². The molecule has 6 nitrogen and oxygen atoms in total. The van der Waals surface area contributed by atoms with Crippen LogP contribution in [0.5, 0.6) is 0 Å². The van der Waals surface area contributed by atoms with Gasteiger partial charge in [-0.1, -0.05) is 0 Å². The number of carbonyl (C=O) groups excluding carboxylic acids is 2. The zero-order valence-electron chi connectivity index (χ0n) is 12.1. The number of piperidine rings is 1. The molecular formula is C13H24N2O4. The lowest BCUT2D eigenvalue weighted by molar-refractivity contribution is -0.142. The Bertz CT molecular complexity index is 299. The van der Waals surface area contributed by atoms with E-state index in [-0.39, 0.29) is 24.3 Å². The summed E-state index contributed by atoms with van der Waals surface area (Å²) in [7, 11) is 5.13. The molecule has 0 saturated carbocycles. The number of hydrogen-bond acceptors (Lipinski definition) is 4. The van der Waals surface area contributed by atoms with Gasteiger partial charge in [-0.3, -0.25) is 9.59 Å². The molecular weight excluding hydrogens is 248 g/mol. The second kappa shape index (κ2) is 8.12. The first-order chi connectivity index (χ1) is 9.06. The van der Waals surface area contributed by atoms with Crippen molar-refractivity contribution in [3.63, 3.8) is 0 Å². The summed E-state index contributed by atoms with van der Waals surface area (Å²) < 4.78 is 10.1. The molecule has 2 amide bonds. The fourth-order valence-electron chi connectivity index (χ4n) is 2.13. The fraction of sp³-hybridized carbons (Fsp3) is 0.846. The summed E-state index contributed by atoms with van der Waals surface area (Å²) in [5.74, 6) is 0.198. The van der Waals surface area contributed by atoms with Crippen molar-refractivity contribution in [3.8, 4) is 0 Å². The first-order valence-corrected chi connectivity index (χ1v) is 6.62. The largest absolute Gasteiger partial charge is 0.382 e. The molecule has 0 radical (unpaired) electrons. The molecule has 1 saturated heterocycles. The van der Waals surface area contributed by atoms with Gasteiger partial charge in [-0.25, -0.2) is 0 Å². The minimum atomic E-state index is -0.00754. The van der Waals surface area contributed by atoms with Crippen molar-refractivity contribution in [3.05, 3.63) is 0 Å². The summed E-state index contributed by atoms with van der Waals surface area (Å²) in [6, 6.07) is 0. The number of amides is 2. The van der Waals surface area contributed by atoms with Crippen LogP contribution in [0, 0.1) is 5.92 Å². The quantitative estimate of drug-likeness (QED) is 0.637. The summed E-state index contributed by atoms with van der Waals surface area (Å²) in [5, 5.41) is 0. The van der Waals surface area contributed by atoms with E-state index in [1.807, 2.05) is 0 Å². The predicted octanol–water partition coefficient (Wildman–Crippen LogP) is -0.0238. The minimum absolute atomic E-state index is 0.00754. The summed E-state index contributed by atoms with van der Waals surface area (Å²) in [6.07, 6.45) is 1.47. The summed E-state index contributed by atoms with van der Waals surface area (Å²) in [6.45, 7) is 2.29. The maximum Gasteiger partial charge on any atom is 0.248 e. The summed E-state index contributed by atoms with van der Waals surface area (Å²) in [4.78, 5) is 27.0. The Kier molecular flexibility index (Phi) is 6.80. The van der Waals surface area contributed by atoms with E-state index in [4.69, 9.17) is 9.47 Å². The van der Waals surface area contributed by atoms with Crippen LogP contribution in [-0.2, 0) is 19.1 Å². The molecule has 0 atom stereocenters.